The molecule has 6 heteroatoms. The lowest BCUT2D eigenvalue weighted by atomic mass is 9.98. The van der Waals surface area contributed by atoms with Gasteiger partial charge in [0, 0.05) is 13.5 Å². The highest BCUT2D eigenvalue weighted by Crippen LogP contribution is 2.10. The summed E-state index contributed by atoms with van der Waals surface area (Å²) in [4.78, 5) is 22.5. The molecule has 0 saturated carbocycles. The Balaban J connectivity index is 4.36. The Labute approximate surface area is 94.1 Å². The minimum atomic E-state index is -1.38. The number of methoxy groups -OCH3 is 1. The van der Waals surface area contributed by atoms with E-state index in [1.807, 2.05) is 0 Å². The first kappa shape index (κ1) is 14.7. The fraction of sp³-hybridized carbons (Fsp3) is 0.700. The van der Waals surface area contributed by atoms with Crippen LogP contribution in [0.2, 0.25) is 0 Å². The number of hydrogen-bond acceptors (Lipinski definition) is 6. The van der Waals surface area contributed by atoms with Gasteiger partial charge in [0.2, 0.25) is 0 Å². The zero-order chi connectivity index (χ0) is 12.8. The Morgan fingerprint density at radius 1 is 1.44 bits per heavy atom. The van der Waals surface area contributed by atoms with E-state index in [-0.39, 0.29) is 19.6 Å². The van der Waals surface area contributed by atoms with Crippen LogP contribution in [0.25, 0.3) is 0 Å². The second kappa shape index (κ2) is 6.34. The summed E-state index contributed by atoms with van der Waals surface area (Å²) in [5.74, 6) is -1.73. The van der Waals surface area contributed by atoms with Gasteiger partial charge in [-0.2, -0.15) is 0 Å². The van der Waals surface area contributed by atoms with Gasteiger partial charge < -0.3 is 14.6 Å². The van der Waals surface area contributed by atoms with Crippen LogP contribution in [0.15, 0.2) is 0 Å². The number of carbonyl (C=O) groups is 2. The number of nitrogens with one attached hydrogen (secondary N) is 1. The number of ether oxygens (including phenoxy) is 2. The Morgan fingerprint density at radius 2 is 2.00 bits per heavy atom. The number of hydrogen-bond donors (Lipinski definition) is 2. The van der Waals surface area contributed by atoms with E-state index in [4.69, 9.17) is 10.1 Å². The van der Waals surface area contributed by atoms with E-state index >= 15 is 0 Å². The van der Waals surface area contributed by atoms with Crippen LogP contribution in [0.3, 0.4) is 0 Å². The predicted octanol–water partition coefficient (Wildman–Crippen LogP) is -0.0741. The van der Waals surface area contributed by atoms with Crippen LogP contribution in [-0.2, 0) is 19.1 Å². The summed E-state index contributed by atoms with van der Waals surface area (Å²) in [6.45, 7) is 3.03. The topological polar surface area (TPSA) is 96.7 Å². The number of rotatable bonds is 7. The van der Waals surface area contributed by atoms with Gasteiger partial charge in [0.1, 0.15) is 0 Å². The van der Waals surface area contributed by atoms with Gasteiger partial charge in [-0.05, 0) is 13.8 Å². The zero-order valence-corrected chi connectivity index (χ0v) is 9.70. The third-order valence-electron chi connectivity index (χ3n) is 1.76. The van der Waals surface area contributed by atoms with Crippen molar-refractivity contribution in [2.75, 3.05) is 20.3 Å². The minimum absolute atomic E-state index is 0.0468. The number of carbonyl (C=O) groups excluding carboxylic acids is 2. The van der Waals surface area contributed by atoms with Crippen LogP contribution in [0.4, 0.5) is 0 Å². The van der Waals surface area contributed by atoms with Crippen molar-refractivity contribution in [3.05, 3.63) is 0 Å². The van der Waals surface area contributed by atoms with E-state index in [9.17, 15) is 14.7 Å². The van der Waals surface area contributed by atoms with Crippen LogP contribution in [0, 0.1) is 5.41 Å². The third kappa shape index (κ3) is 4.99. The van der Waals surface area contributed by atoms with E-state index in [1.54, 1.807) is 6.92 Å². The maximum absolute atomic E-state index is 11.4. The molecule has 0 heterocycles. The molecule has 0 bridgehead atoms. The van der Waals surface area contributed by atoms with Crippen molar-refractivity contribution >= 4 is 17.5 Å². The molecule has 0 spiro atoms. The van der Waals surface area contributed by atoms with Gasteiger partial charge in [-0.25, -0.2) is 4.79 Å². The molecule has 0 aliphatic carbocycles. The first-order chi connectivity index (χ1) is 7.34. The molecule has 1 atom stereocenters. The molecule has 6 nitrogen and oxygen atoms in total. The van der Waals surface area contributed by atoms with Crippen molar-refractivity contribution in [2.45, 2.75) is 25.9 Å². The van der Waals surface area contributed by atoms with E-state index in [0.29, 0.717) is 0 Å². The Hall–Kier alpha value is -1.27. The molecule has 0 rings (SSSR count). The van der Waals surface area contributed by atoms with Crippen molar-refractivity contribution in [3.8, 4) is 0 Å². The zero-order valence-electron chi connectivity index (χ0n) is 9.70. The van der Waals surface area contributed by atoms with Crippen molar-refractivity contribution in [1.82, 2.24) is 0 Å². The summed E-state index contributed by atoms with van der Waals surface area (Å²) in [5.41, 5.74) is -2.14. The van der Waals surface area contributed by atoms with E-state index in [2.05, 4.69) is 4.74 Å². The summed E-state index contributed by atoms with van der Waals surface area (Å²) in [6.07, 6.45) is -0.349. The largest absolute Gasteiger partial charge is 0.461 e. The second-order valence-electron chi connectivity index (χ2n) is 3.63. The Kier molecular flexibility index (Phi) is 5.84. The maximum atomic E-state index is 11.4. The Morgan fingerprint density at radius 3 is 2.44 bits per heavy atom. The Bertz CT molecular complexity index is 285. The molecule has 0 aliphatic rings. The molecule has 0 aromatic rings. The van der Waals surface area contributed by atoms with Gasteiger partial charge in [-0.15, -0.1) is 0 Å². The van der Waals surface area contributed by atoms with Crippen molar-refractivity contribution in [2.24, 2.45) is 0 Å². The van der Waals surface area contributed by atoms with Crippen LogP contribution >= 0.6 is 0 Å². The molecule has 0 amide bonds. The molecule has 0 aromatic carbocycles. The second-order valence-corrected chi connectivity index (χ2v) is 3.63. The van der Waals surface area contributed by atoms with Gasteiger partial charge in [0.25, 0.3) is 0 Å². The highest BCUT2D eigenvalue weighted by molar-refractivity contribution is 6.63. The van der Waals surface area contributed by atoms with Crippen molar-refractivity contribution < 1.29 is 24.2 Å². The van der Waals surface area contributed by atoms with Gasteiger partial charge in [0.15, 0.2) is 11.5 Å². The molecule has 0 radical (unpaired) electrons. The smallest absolute Gasteiger partial charge is 0.359 e. The minimum Gasteiger partial charge on any atom is -0.461 e. The summed E-state index contributed by atoms with van der Waals surface area (Å²) in [5, 5.41) is 16.9. The molecule has 16 heavy (non-hydrogen) atoms. The fourth-order valence-corrected chi connectivity index (χ4v) is 1.11. The van der Waals surface area contributed by atoms with E-state index in [1.165, 1.54) is 14.0 Å². The van der Waals surface area contributed by atoms with Gasteiger partial charge in [-0.1, -0.05) is 0 Å². The molecule has 0 fully saturated rings. The average Bonchev–Trinajstić information content (AvgIpc) is 2.15. The van der Waals surface area contributed by atoms with Crippen molar-refractivity contribution in [1.29, 1.82) is 5.41 Å². The molecular weight excluding hydrogens is 214 g/mol. The number of ketones is 1. The van der Waals surface area contributed by atoms with Gasteiger partial charge in [0.05, 0.1) is 18.8 Å². The van der Waals surface area contributed by atoms with Crippen LogP contribution in [0.5, 0.6) is 0 Å². The average molecular weight is 231 g/mol. The molecule has 2 N–H and O–H groups in total. The van der Waals surface area contributed by atoms with Crippen molar-refractivity contribution in [3.63, 3.8) is 0 Å². The quantitative estimate of drug-likeness (QED) is 0.363. The molecule has 0 saturated heterocycles. The molecule has 0 aromatic heterocycles. The molecule has 1 unspecified atom stereocenters. The summed E-state index contributed by atoms with van der Waals surface area (Å²) < 4.78 is 9.21. The lowest BCUT2D eigenvalue weighted by Crippen LogP contribution is -2.37. The van der Waals surface area contributed by atoms with Crippen LogP contribution < -0.4 is 0 Å². The summed E-state index contributed by atoms with van der Waals surface area (Å²) >= 11 is 0. The molecule has 0 aliphatic heterocycles. The SMILES string of the molecule is CCOC(=O)C(=N)C(=O)CC(C)(O)COC. The third-order valence-corrected chi connectivity index (χ3v) is 1.76. The number of esters is 1. The van der Waals surface area contributed by atoms with E-state index in [0.717, 1.165) is 0 Å². The lowest BCUT2D eigenvalue weighted by molar-refractivity contribution is -0.136. The number of aliphatic hydroxyl groups is 1. The van der Waals surface area contributed by atoms with Crippen LogP contribution in [-0.4, -0.2) is 48.5 Å². The van der Waals surface area contributed by atoms with E-state index < -0.39 is 23.1 Å². The standard InChI is InChI=1S/C10H17NO5/c1-4-16-9(13)8(11)7(12)5-10(2,14)6-15-3/h11,14H,4-6H2,1-3H3. The maximum Gasteiger partial charge on any atom is 0.359 e. The van der Waals surface area contributed by atoms with Gasteiger partial charge >= 0.3 is 5.97 Å². The monoisotopic (exact) mass is 231 g/mol. The fourth-order valence-electron chi connectivity index (χ4n) is 1.11. The first-order valence-corrected chi connectivity index (χ1v) is 4.84. The summed E-state index contributed by atoms with van der Waals surface area (Å²) in [7, 11) is 1.38. The first-order valence-electron chi connectivity index (χ1n) is 4.84. The summed E-state index contributed by atoms with van der Waals surface area (Å²) in [6, 6.07) is 0. The normalized spacial score (nSPS) is 14.0. The van der Waals surface area contributed by atoms with Crippen LogP contribution in [0.1, 0.15) is 20.3 Å². The number of Topliss-reactive ketones (excluding diaryl/α,β-unsaturated/α-hetero) is 1. The lowest BCUT2D eigenvalue weighted by Gasteiger charge is -2.20. The van der Waals surface area contributed by atoms with Gasteiger partial charge in [-0.3, -0.25) is 10.2 Å². The molecule has 92 valence electrons. The predicted molar refractivity (Wildman–Crippen MR) is 56.5 cm³/mol. The highest BCUT2D eigenvalue weighted by atomic mass is 16.5. The highest BCUT2D eigenvalue weighted by Gasteiger charge is 2.29. The molecular formula is C10H17NO5.